The van der Waals surface area contributed by atoms with Crippen molar-refractivity contribution in [3.8, 4) is 0 Å². The van der Waals surface area contributed by atoms with Crippen molar-refractivity contribution in [3.05, 3.63) is 0 Å². The number of rotatable bonds is 5. The quantitative estimate of drug-likeness (QED) is 0.720. The zero-order chi connectivity index (χ0) is 14.1. The minimum Gasteiger partial charge on any atom is -0.348 e. The molecule has 0 amide bonds. The van der Waals surface area contributed by atoms with E-state index in [1.165, 1.54) is 19.3 Å². The predicted octanol–water partition coefficient (Wildman–Crippen LogP) is 3.24. The van der Waals surface area contributed by atoms with E-state index >= 15 is 0 Å². The highest BCUT2D eigenvalue weighted by molar-refractivity contribution is 4.90. The molecule has 0 aromatic heterocycles. The summed E-state index contributed by atoms with van der Waals surface area (Å²) in [5, 5.41) is 0. The molecule has 2 heterocycles. The normalized spacial score (nSPS) is 36.8. The Balaban J connectivity index is 1.96. The van der Waals surface area contributed by atoms with E-state index in [1.807, 2.05) is 27.7 Å². The van der Waals surface area contributed by atoms with E-state index in [0.29, 0.717) is 6.61 Å². The van der Waals surface area contributed by atoms with Crippen LogP contribution in [0.3, 0.4) is 0 Å². The molecule has 0 aromatic rings. The topological polar surface area (TPSA) is 36.9 Å². The second-order valence-electron chi connectivity index (χ2n) is 6.50. The van der Waals surface area contributed by atoms with Crippen molar-refractivity contribution < 1.29 is 18.9 Å². The maximum Gasteiger partial charge on any atom is 0.163 e. The van der Waals surface area contributed by atoms with Gasteiger partial charge in [-0.05, 0) is 34.1 Å². The van der Waals surface area contributed by atoms with Gasteiger partial charge in [-0.2, -0.15) is 0 Å². The van der Waals surface area contributed by atoms with Crippen molar-refractivity contribution in [1.29, 1.82) is 0 Å². The summed E-state index contributed by atoms with van der Waals surface area (Å²) in [6.45, 7) is 10.6. The fraction of sp³-hybridized carbons (Fsp3) is 1.00. The van der Waals surface area contributed by atoms with E-state index in [1.54, 1.807) is 0 Å². The van der Waals surface area contributed by atoms with Crippen LogP contribution in [0.2, 0.25) is 0 Å². The standard InChI is InChI=1S/C15H28O4/c1-6-7-8-9-11-13(19-15(4,5)17-11)12-10-16-14(2,3)18-12/h11-13H,6-10H2,1-5H3/t11-,12-,13+/m1/s1. The largest absolute Gasteiger partial charge is 0.348 e. The summed E-state index contributed by atoms with van der Waals surface area (Å²) >= 11 is 0. The third-order valence-corrected chi connectivity index (χ3v) is 3.71. The maximum atomic E-state index is 6.04. The van der Waals surface area contributed by atoms with Crippen LogP contribution in [0.1, 0.15) is 60.3 Å². The maximum absolute atomic E-state index is 6.04. The Morgan fingerprint density at radius 1 is 0.947 bits per heavy atom. The molecule has 0 saturated carbocycles. The van der Waals surface area contributed by atoms with Gasteiger partial charge in [0.15, 0.2) is 11.6 Å². The molecule has 2 fully saturated rings. The van der Waals surface area contributed by atoms with E-state index in [9.17, 15) is 0 Å². The fourth-order valence-electron chi connectivity index (χ4n) is 2.87. The summed E-state index contributed by atoms with van der Waals surface area (Å²) in [4.78, 5) is 0. The summed E-state index contributed by atoms with van der Waals surface area (Å²) in [5.74, 6) is -1.02. The Kier molecular flexibility index (Phi) is 4.56. The Labute approximate surface area is 116 Å². The molecule has 0 aliphatic carbocycles. The molecule has 2 aliphatic heterocycles. The molecule has 2 rings (SSSR count). The molecule has 4 heteroatoms. The summed E-state index contributed by atoms with van der Waals surface area (Å²) in [6.07, 6.45) is 4.73. The lowest BCUT2D eigenvalue weighted by atomic mass is 10.0. The van der Waals surface area contributed by atoms with Gasteiger partial charge in [0.25, 0.3) is 0 Å². The van der Waals surface area contributed by atoms with Crippen LogP contribution >= 0.6 is 0 Å². The molecule has 112 valence electrons. The second kappa shape index (κ2) is 5.68. The van der Waals surface area contributed by atoms with E-state index < -0.39 is 11.6 Å². The van der Waals surface area contributed by atoms with Gasteiger partial charge < -0.3 is 18.9 Å². The number of unbranched alkanes of at least 4 members (excludes halogenated alkanes) is 2. The number of hydrogen-bond donors (Lipinski definition) is 0. The number of ether oxygens (including phenoxy) is 4. The Morgan fingerprint density at radius 2 is 1.68 bits per heavy atom. The zero-order valence-electron chi connectivity index (χ0n) is 12.9. The highest BCUT2D eigenvalue weighted by Crippen LogP contribution is 2.37. The smallest absolute Gasteiger partial charge is 0.163 e. The van der Waals surface area contributed by atoms with Crippen LogP contribution in [0.5, 0.6) is 0 Å². The van der Waals surface area contributed by atoms with Gasteiger partial charge in [-0.3, -0.25) is 0 Å². The van der Waals surface area contributed by atoms with Crippen LogP contribution < -0.4 is 0 Å². The zero-order valence-corrected chi connectivity index (χ0v) is 12.9. The summed E-state index contributed by atoms with van der Waals surface area (Å²) in [5.41, 5.74) is 0. The molecular weight excluding hydrogens is 244 g/mol. The van der Waals surface area contributed by atoms with E-state index in [-0.39, 0.29) is 18.3 Å². The van der Waals surface area contributed by atoms with Gasteiger partial charge in [0.1, 0.15) is 12.2 Å². The molecule has 19 heavy (non-hydrogen) atoms. The Hall–Kier alpha value is -0.160. The van der Waals surface area contributed by atoms with Crippen molar-refractivity contribution in [2.75, 3.05) is 6.61 Å². The van der Waals surface area contributed by atoms with Crippen molar-refractivity contribution in [3.63, 3.8) is 0 Å². The average molecular weight is 272 g/mol. The van der Waals surface area contributed by atoms with Crippen LogP contribution in [0.15, 0.2) is 0 Å². The molecule has 0 bridgehead atoms. The first-order valence-corrected chi connectivity index (χ1v) is 7.50. The first-order valence-electron chi connectivity index (χ1n) is 7.50. The number of hydrogen-bond acceptors (Lipinski definition) is 4. The fourth-order valence-corrected chi connectivity index (χ4v) is 2.87. The third kappa shape index (κ3) is 3.91. The first-order chi connectivity index (χ1) is 8.83. The summed E-state index contributed by atoms with van der Waals surface area (Å²) in [7, 11) is 0. The summed E-state index contributed by atoms with van der Waals surface area (Å²) < 4.78 is 23.7. The lowest BCUT2D eigenvalue weighted by Crippen LogP contribution is -2.38. The summed E-state index contributed by atoms with van der Waals surface area (Å²) in [6, 6.07) is 0. The van der Waals surface area contributed by atoms with Gasteiger partial charge in [-0.15, -0.1) is 0 Å². The van der Waals surface area contributed by atoms with Gasteiger partial charge >= 0.3 is 0 Å². The van der Waals surface area contributed by atoms with Crippen LogP contribution in [0.4, 0.5) is 0 Å². The highest BCUT2D eigenvalue weighted by atomic mass is 16.8. The van der Waals surface area contributed by atoms with E-state index in [2.05, 4.69) is 6.92 Å². The molecule has 2 saturated heterocycles. The molecule has 2 aliphatic rings. The molecule has 0 aromatic carbocycles. The van der Waals surface area contributed by atoms with Crippen molar-refractivity contribution in [2.45, 2.75) is 90.2 Å². The Bertz CT molecular complexity index is 301. The minimum atomic E-state index is -0.516. The third-order valence-electron chi connectivity index (χ3n) is 3.71. The molecule has 0 N–H and O–H groups in total. The van der Waals surface area contributed by atoms with E-state index in [4.69, 9.17) is 18.9 Å². The Morgan fingerprint density at radius 3 is 2.26 bits per heavy atom. The van der Waals surface area contributed by atoms with Gasteiger partial charge in [0, 0.05) is 0 Å². The van der Waals surface area contributed by atoms with Crippen molar-refractivity contribution in [1.82, 2.24) is 0 Å². The average Bonchev–Trinajstić information content (AvgIpc) is 2.79. The second-order valence-corrected chi connectivity index (χ2v) is 6.50. The predicted molar refractivity (Wildman–Crippen MR) is 72.9 cm³/mol. The molecule has 3 atom stereocenters. The van der Waals surface area contributed by atoms with Crippen LogP contribution in [0.25, 0.3) is 0 Å². The molecular formula is C15H28O4. The SMILES string of the molecule is CCCCC[C@H]1OC(C)(C)O[C@@H]1[C@H]1COC(C)(C)O1. The van der Waals surface area contributed by atoms with Crippen molar-refractivity contribution >= 4 is 0 Å². The molecule has 0 spiro atoms. The lowest BCUT2D eigenvalue weighted by Gasteiger charge is -2.23. The van der Waals surface area contributed by atoms with Crippen LogP contribution in [-0.2, 0) is 18.9 Å². The molecule has 0 unspecified atom stereocenters. The minimum absolute atomic E-state index is 0.0198. The lowest BCUT2D eigenvalue weighted by molar-refractivity contribution is -0.174. The van der Waals surface area contributed by atoms with E-state index in [0.717, 1.165) is 6.42 Å². The molecule has 0 radical (unpaired) electrons. The van der Waals surface area contributed by atoms with Crippen molar-refractivity contribution in [2.24, 2.45) is 0 Å². The van der Waals surface area contributed by atoms with Gasteiger partial charge in [-0.1, -0.05) is 26.2 Å². The highest BCUT2D eigenvalue weighted by Gasteiger charge is 2.49. The van der Waals surface area contributed by atoms with Gasteiger partial charge in [-0.25, -0.2) is 0 Å². The van der Waals surface area contributed by atoms with Crippen LogP contribution in [-0.4, -0.2) is 36.5 Å². The monoisotopic (exact) mass is 272 g/mol. The first kappa shape index (κ1) is 15.2. The van der Waals surface area contributed by atoms with Gasteiger partial charge in [0.05, 0.1) is 12.7 Å². The molecule has 4 nitrogen and oxygen atoms in total. The van der Waals surface area contributed by atoms with Gasteiger partial charge in [0.2, 0.25) is 0 Å². The van der Waals surface area contributed by atoms with Crippen LogP contribution in [0, 0.1) is 0 Å².